The van der Waals surface area contributed by atoms with Gasteiger partial charge in [-0.05, 0) is 6.92 Å². The van der Waals surface area contributed by atoms with Gasteiger partial charge < -0.3 is 14.6 Å². The number of halogens is 1. The van der Waals surface area contributed by atoms with Gasteiger partial charge in [-0.15, -0.1) is 11.6 Å². The lowest BCUT2D eigenvalue weighted by molar-refractivity contribution is -0.304. The zero-order chi connectivity index (χ0) is 8.15. The van der Waals surface area contributed by atoms with E-state index in [1.165, 1.54) is 0 Å². The Hall–Kier alpha value is -0.770. The van der Waals surface area contributed by atoms with Crippen LogP contribution in [-0.4, -0.2) is 23.9 Å². The number of esters is 1. The summed E-state index contributed by atoms with van der Waals surface area (Å²) >= 11 is 5.01. The van der Waals surface area contributed by atoms with Crippen LogP contribution in [0.5, 0.6) is 0 Å². The first-order chi connectivity index (χ1) is 4.59. The van der Waals surface area contributed by atoms with Gasteiger partial charge in [0.1, 0.15) is 0 Å². The fourth-order valence-electron chi connectivity index (χ4n) is 0.312. The van der Waals surface area contributed by atoms with Crippen molar-refractivity contribution >= 4 is 23.5 Å². The summed E-state index contributed by atoms with van der Waals surface area (Å²) in [5.74, 6) is -2.62. The van der Waals surface area contributed by atoms with Crippen LogP contribution in [0.2, 0.25) is 0 Å². The highest BCUT2D eigenvalue weighted by atomic mass is 35.5. The van der Waals surface area contributed by atoms with E-state index < -0.39 is 17.3 Å². The third-order valence-corrected chi connectivity index (χ3v) is 1.06. The highest BCUT2D eigenvalue weighted by Gasteiger charge is 2.16. The largest absolute Gasteiger partial charge is 0.548 e. The SMILES string of the molecule is CCOC(=O)C(Cl)C(=O)[O-]. The minimum atomic E-state index is -1.69. The van der Waals surface area contributed by atoms with Crippen LogP contribution in [0, 0.1) is 0 Å². The molecule has 58 valence electrons. The second-order valence-corrected chi connectivity index (χ2v) is 1.87. The molecule has 0 radical (unpaired) electrons. The van der Waals surface area contributed by atoms with Crippen LogP contribution in [0.4, 0.5) is 0 Å². The Morgan fingerprint density at radius 1 is 1.70 bits per heavy atom. The molecule has 0 rings (SSSR count). The van der Waals surface area contributed by atoms with Crippen molar-refractivity contribution in [3.8, 4) is 0 Å². The van der Waals surface area contributed by atoms with Gasteiger partial charge in [0.25, 0.3) is 0 Å². The molecule has 1 atom stereocenters. The first-order valence-electron chi connectivity index (χ1n) is 2.61. The average molecular weight is 166 g/mol. The van der Waals surface area contributed by atoms with Crippen molar-refractivity contribution in [3.63, 3.8) is 0 Å². The van der Waals surface area contributed by atoms with Crippen molar-refractivity contribution in [3.05, 3.63) is 0 Å². The van der Waals surface area contributed by atoms with Crippen LogP contribution in [0.3, 0.4) is 0 Å². The lowest BCUT2D eigenvalue weighted by atomic mass is 10.4. The van der Waals surface area contributed by atoms with Gasteiger partial charge in [0.2, 0.25) is 0 Å². The lowest BCUT2D eigenvalue weighted by Gasteiger charge is -2.07. The number of carbonyl (C=O) groups is 2. The maximum absolute atomic E-state index is 10.4. The number of ether oxygens (including phenoxy) is 1. The maximum Gasteiger partial charge on any atom is 0.329 e. The highest BCUT2D eigenvalue weighted by molar-refractivity contribution is 6.39. The van der Waals surface area contributed by atoms with Crippen molar-refractivity contribution in [2.45, 2.75) is 12.3 Å². The number of aliphatic carboxylic acids is 1. The molecule has 0 aromatic heterocycles. The number of carbonyl (C=O) groups excluding carboxylic acids is 2. The second-order valence-electron chi connectivity index (χ2n) is 1.43. The molecule has 0 spiro atoms. The molecule has 10 heavy (non-hydrogen) atoms. The number of carboxylic acids is 1. The van der Waals surface area contributed by atoms with Gasteiger partial charge in [-0.1, -0.05) is 0 Å². The van der Waals surface area contributed by atoms with E-state index in [0.717, 1.165) is 0 Å². The Kier molecular flexibility index (Phi) is 3.79. The van der Waals surface area contributed by atoms with E-state index in [-0.39, 0.29) is 6.61 Å². The van der Waals surface area contributed by atoms with E-state index in [1.807, 2.05) is 0 Å². The van der Waals surface area contributed by atoms with Crippen LogP contribution >= 0.6 is 11.6 Å². The van der Waals surface area contributed by atoms with Crippen molar-refractivity contribution in [2.24, 2.45) is 0 Å². The van der Waals surface area contributed by atoms with E-state index in [4.69, 9.17) is 11.6 Å². The van der Waals surface area contributed by atoms with Gasteiger partial charge in [-0.25, -0.2) is 0 Å². The maximum atomic E-state index is 10.4. The Balaban J connectivity index is 3.82. The van der Waals surface area contributed by atoms with Gasteiger partial charge in [-0.3, -0.25) is 4.79 Å². The summed E-state index contributed by atoms with van der Waals surface area (Å²) in [6, 6.07) is 0. The van der Waals surface area contributed by atoms with Gasteiger partial charge in [0.05, 0.1) is 12.6 Å². The van der Waals surface area contributed by atoms with E-state index >= 15 is 0 Å². The zero-order valence-electron chi connectivity index (χ0n) is 5.30. The van der Waals surface area contributed by atoms with Crippen LogP contribution in [0.1, 0.15) is 6.92 Å². The normalized spacial score (nSPS) is 12.2. The number of alkyl halides is 1. The molecular formula is C5H6ClO4-. The fourth-order valence-corrected chi connectivity index (χ4v) is 0.375. The fraction of sp³-hybridized carbons (Fsp3) is 0.600. The quantitative estimate of drug-likeness (QED) is 0.303. The highest BCUT2D eigenvalue weighted by Crippen LogP contribution is 1.96. The van der Waals surface area contributed by atoms with E-state index in [1.54, 1.807) is 6.92 Å². The van der Waals surface area contributed by atoms with Gasteiger partial charge in [0, 0.05) is 0 Å². The molecule has 0 N–H and O–H groups in total. The van der Waals surface area contributed by atoms with Crippen LogP contribution in [0.15, 0.2) is 0 Å². The molecular weight excluding hydrogens is 160 g/mol. The minimum Gasteiger partial charge on any atom is -0.548 e. The van der Waals surface area contributed by atoms with Crippen molar-refractivity contribution in [1.29, 1.82) is 0 Å². The molecule has 0 aromatic carbocycles. The summed E-state index contributed by atoms with van der Waals surface area (Å²) in [4.78, 5) is 20.3. The monoisotopic (exact) mass is 165 g/mol. The van der Waals surface area contributed by atoms with E-state index in [9.17, 15) is 14.7 Å². The molecule has 5 heteroatoms. The van der Waals surface area contributed by atoms with Gasteiger partial charge >= 0.3 is 5.97 Å². The Labute approximate surface area is 62.7 Å². The predicted molar refractivity (Wildman–Crippen MR) is 31.3 cm³/mol. The average Bonchev–Trinajstić information content (AvgIpc) is 1.87. The zero-order valence-corrected chi connectivity index (χ0v) is 6.05. The number of carboxylic acid groups (broad SMARTS) is 1. The summed E-state index contributed by atoms with van der Waals surface area (Å²) in [6.45, 7) is 1.66. The summed E-state index contributed by atoms with van der Waals surface area (Å²) in [5.41, 5.74) is 0. The molecule has 0 saturated heterocycles. The van der Waals surface area contributed by atoms with Crippen molar-refractivity contribution in [1.82, 2.24) is 0 Å². The molecule has 0 bridgehead atoms. The first kappa shape index (κ1) is 9.23. The summed E-state index contributed by atoms with van der Waals surface area (Å²) in [6.07, 6.45) is 0. The molecule has 1 unspecified atom stereocenters. The Bertz CT molecular complexity index is 145. The minimum absolute atomic E-state index is 0.106. The molecule has 0 aliphatic heterocycles. The summed E-state index contributed by atoms with van der Waals surface area (Å²) in [5, 5.41) is 8.18. The second kappa shape index (κ2) is 4.11. The van der Waals surface area contributed by atoms with Crippen LogP contribution in [-0.2, 0) is 14.3 Å². The molecule has 4 nitrogen and oxygen atoms in total. The number of hydrogen-bond acceptors (Lipinski definition) is 4. The van der Waals surface area contributed by atoms with Gasteiger partial charge in [0.15, 0.2) is 5.38 Å². The third kappa shape index (κ3) is 2.68. The smallest absolute Gasteiger partial charge is 0.329 e. The van der Waals surface area contributed by atoms with Crippen LogP contribution in [0.25, 0.3) is 0 Å². The Morgan fingerprint density at radius 3 is 2.50 bits per heavy atom. The lowest BCUT2D eigenvalue weighted by Crippen LogP contribution is -2.38. The molecule has 0 aliphatic rings. The van der Waals surface area contributed by atoms with Crippen molar-refractivity contribution in [2.75, 3.05) is 6.61 Å². The molecule has 0 heterocycles. The molecule has 0 aromatic rings. The molecule has 0 saturated carbocycles. The summed E-state index contributed by atoms with van der Waals surface area (Å²) < 4.78 is 4.27. The van der Waals surface area contributed by atoms with E-state index in [0.29, 0.717) is 0 Å². The standard InChI is InChI=1S/C5H7ClO4/c1-2-10-5(9)3(6)4(7)8/h3H,2H2,1H3,(H,7,8)/p-1. The predicted octanol–water partition coefficient (Wildman–Crippen LogP) is -1.09. The number of hydrogen-bond donors (Lipinski definition) is 0. The van der Waals surface area contributed by atoms with Crippen molar-refractivity contribution < 1.29 is 19.4 Å². The summed E-state index contributed by atoms with van der Waals surface area (Å²) in [7, 11) is 0. The molecule has 0 aliphatic carbocycles. The molecule has 0 amide bonds. The first-order valence-corrected chi connectivity index (χ1v) is 3.04. The molecule has 0 fully saturated rings. The number of rotatable bonds is 3. The topological polar surface area (TPSA) is 66.4 Å². The third-order valence-electron chi connectivity index (χ3n) is 0.700. The van der Waals surface area contributed by atoms with Gasteiger partial charge in [-0.2, -0.15) is 0 Å². The Morgan fingerprint density at radius 2 is 2.20 bits per heavy atom. The van der Waals surface area contributed by atoms with Crippen LogP contribution < -0.4 is 5.11 Å². The van der Waals surface area contributed by atoms with E-state index in [2.05, 4.69) is 4.74 Å².